The number of ether oxygens (including phenoxy) is 2. The molecule has 0 aliphatic rings. The summed E-state index contributed by atoms with van der Waals surface area (Å²) < 4.78 is 10.7. The maximum Gasteiger partial charge on any atom is 0.226 e. The fourth-order valence-corrected chi connectivity index (χ4v) is 4.28. The Morgan fingerprint density at radius 1 is 1.21 bits per heavy atom. The van der Waals surface area contributed by atoms with Gasteiger partial charge in [0.15, 0.2) is 11.5 Å². The zero-order valence-electron chi connectivity index (χ0n) is 16.8. The highest BCUT2D eigenvalue weighted by molar-refractivity contribution is 7.13. The molecule has 0 saturated carbocycles. The quantitative estimate of drug-likeness (QED) is 0.559. The Bertz CT molecular complexity index is 1020. The lowest BCUT2D eigenvalue weighted by Crippen LogP contribution is -2.28. The molecule has 3 aromatic rings. The van der Waals surface area contributed by atoms with Crippen LogP contribution < -0.4 is 14.8 Å². The summed E-state index contributed by atoms with van der Waals surface area (Å²) in [6, 6.07) is 11.2. The van der Waals surface area contributed by atoms with Gasteiger partial charge in [0.05, 0.1) is 37.4 Å². The number of halogens is 1. The van der Waals surface area contributed by atoms with E-state index in [0.717, 1.165) is 27.4 Å². The van der Waals surface area contributed by atoms with Crippen molar-refractivity contribution in [2.75, 3.05) is 14.2 Å². The van der Waals surface area contributed by atoms with Crippen molar-refractivity contribution >= 4 is 28.8 Å². The monoisotopic (exact) mass is 430 g/mol. The first kappa shape index (κ1) is 21.1. The van der Waals surface area contributed by atoms with Crippen molar-refractivity contribution in [2.24, 2.45) is 0 Å². The van der Waals surface area contributed by atoms with Crippen LogP contribution in [-0.4, -0.2) is 25.1 Å². The van der Waals surface area contributed by atoms with Gasteiger partial charge in [0.1, 0.15) is 5.01 Å². The second-order valence-electron chi connectivity index (χ2n) is 6.65. The van der Waals surface area contributed by atoms with Crippen molar-refractivity contribution in [3.8, 4) is 22.1 Å². The number of nitrogens with one attached hydrogen (secondary N) is 1. The van der Waals surface area contributed by atoms with E-state index in [1.165, 1.54) is 11.3 Å². The molecule has 0 fully saturated rings. The van der Waals surface area contributed by atoms with Gasteiger partial charge in [0, 0.05) is 10.9 Å². The molecule has 1 N–H and O–H groups in total. The molecule has 1 amide bonds. The summed E-state index contributed by atoms with van der Waals surface area (Å²) >= 11 is 7.72. The van der Waals surface area contributed by atoms with Gasteiger partial charge in [-0.2, -0.15) is 0 Å². The van der Waals surface area contributed by atoms with Gasteiger partial charge in [-0.15, -0.1) is 11.3 Å². The molecule has 7 heteroatoms. The molecule has 1 atom stereocenters. The van der Waals surface area contributed by atoms with Gasteiger partial charge in [-0.3, -0.25) is 4.79 Å². The predicted octanol–water partition coefficient (Wildman–Crippen LogP) is 5.21. The minimum atomic E-state index is -0.177. The standard InChI is InChI=1S/C22H23ClN2O3S/c1-13-9-19(27-3)20(28-4)11-17(13)14(2)24-21(26)10-15-12-29-22(25-15)16-7-5-6-8-18(16)23/h5-9,11-12,14H,10H2,1-4H3,(H,24,26). The largest absolute Gasteiger partial charge is 0.493 e. The van der Waals surface area contributed by atoms with Gasteiger partial charge in [-0.25, -0.2) is 4.98 Å². The Kier molecular flexibility index (Phi) is 6.77. The molecule has 0 saturated heterocycles. The van der Waals surface area contributed by atoms with Crippen molar-refractivity contribution < 1.29 is 14.3 Å². The average Bonchev–Trinajstić information content (AvgIpc) is 3.15. The third kappa shape index (κ3) is 4.89. The van der Waals surface area contributed by atoms with Crippen LogP contribution in [0.25, 0.3) is 10.6 Å². The van der Waals surface area contributed by atoms with E-state index in [9.17, 15) is 4.79 Å². The van der Waals surface area contributed by atoms with Crippen LogP contribution in [0, 0.1) is 6.92 Å². The molecule has 29 heavy (non-hydrogen) atoms. The maximum absolute atomic E-state index is 12.6. The van der Waals surface area contributed by atoms with Crippen molar-refractivity contribution in [3.63, 3.8) is 0 Å². The zero-order valence-corrected chi connectivity index (χ0v) is 18.4. The first-order valence-corrected chi connectivity index (χ1v) is 10.4. The lowest BCUT2D eigenvalue weighted by Gasteiger charge is -2.19. The lowest BCUT2D eigenvalue weighted by molar-refractivity contribution is -0.121. The van der Waals surface area contributed by atoms with Crippen LogP contribution >= 0.6 is 22.9 Å². The van der Waals surface area contributed by atoms with Crippen LogP contribution in [0.2, 0.25) is 5.02 Å². The highest BCUT2D eigenvalue weighted by Crippen LogP contribution is 2.33. The topological polar surface area (TPSA) is 60.5 Å². The van der Waals surface area contributed by atoms with Crippen molar-refractivity contribution in [2.45, 2.75) is 26.3 Å². The second kappa shape index (κ2) is 9.29. The Balaban J connectivity index is 1.69. The number of carbonyl (C=O) groups is 1. The highest BCUT2D eigenvalue weighted by atomic mass is 35.5. The van der Waals surface area contributed by atoms with Crippen LogP contribution in [-0.2, 0) is 11.2 Å². The molecule has 152 valence electrons. The summed E-state index contributed by atoms with van der Waals surface area (Å²) in [5.41, 5.74) is 3.59. The zero-order chi connectivity index (χ0) is 21.0. The summed E-state index contributed by atoms with van der Waals surface area (Å²) in [6.07, 6.45) is 0.206. The number of benzene rings is 2. The number of amides is 1. The Morgan fingerprint density at radius 2 is 1.90 bits per heavy atom. The molecule has 1 aromatic heterocycles. The van der Waals surface area contributed by atoms with Gasteiger partial charge in [0.2, 0.25) is 5.91 Å². The third-order valence-corrected chi connectivity index (χ3v) is 5.87. The number of thiazole rings is 1. The second-order valence-corrected chi connectivity index (χ2v) is 7.92. The van der Waals surface area contributed by atoms with Crippen LogP contribution in [0.5, 0.6) is 11.5 Å². The molecular weight excluding hydrogens is 408 g/mol. The summed E-state index contributed by atoms with van der Waals surface area (Å²) in [4.78, 5) is 17.1. The van der Waals surface area contributed by atoms with Crippen LogP contribution in [0.15, 0.2) is 41.8 Å². The van der Waals surface area contributed by atoms with E-state index in [1.807, 2.05) is 55.6 Å². The van der Waals surface area contributed by atoms with E-state index in [1.54, 1.807) is 14.2 Å². The van der Waals surface area contributed by atoms with E-state index in [4.69, 9.17) is 21.1 Å². The minimum Gasteiger partial charge on any atom is -0.493 e. The van der Waals surface area contributed by atoms with Crippen LogP contribution in [0.3, 0.4) is 0 Å². The third-order valence-electron chi connectivity index (χ3n) is 4.61. The Morgan fingerprint density at radius 3 is 2.59 bits per heavy atom. The molecule has 0 bridgehead atoms. The van der Waals surface area contributed by atoms with E-state index in [2.05, 4.69) is 10.3 Å². The number of methoxy groups -OCH3 is 2. The number of hydrogen-bond donors (Lipinski definition) is 1. The van der Waals surface area contributed by atoms with Gasteiger partial charge in [0.25, 0.3) is 0 Å². The lowest BCUT2D eigenvalue weighted by atomic mass is 10.0. The van der Waals surface area contributed by atoms with Gasteiger partial charge < -0.3 is 14.8 Å². The number of rotatable bonds is 7. The number of nitrogens with zero attached hydrogens (tertiary/aromatic N) is 1. The van der Waals surface area contributed by atoms with E-state index in [0.29, 0.717) is 16.5 Å². The van der Waals surface area contributed by atoms with E-state index < -0.39 is 0 Å². The number of hydrogen-bond acceptors (Lipinski definition) is 5. The first-order chi connectivity index (χ1) is 13.9. The van der Waals surface area contributed by atoms with Crippen LogP contribution in [0.1, 0.15) is 29.8 Å². The number of carbonyl (C=O) groups excluding carboxylic acids is 1. The van der Waals surface area contributed by atoms with Crippen LogP contribution in [0.4, 0.5) is 0 Å². The summed E-state index contributed by atoms with van der Waals surface area (Å²) in [5, 5.41) is 6.39. The number of aryl methyl sites for hydroxylation is 1. The molecule has 5 nitrogen and oxygen atoms in total. The minimum absolute atomic E-state index is 0.0947. The van der Waals surface area contributed by atoms with E-state index >= 15 is 0 Å². The van der Waals surface area contributed by atoms with Gasteiger partial charge in [-0.05, 0) is 43.2 Å². The fourth-order valence-electron chi connectivity index (χ4n) is 3.14. The predicted molar refractivity (Wildman–Crippen MR) is 117 cm³/mol. The molecule has 0 aliphatic heterocycles. The fraction of sp³-hybridized carbons (Fsp3) is 0.273. The van der Waals surface area contributed by atoms with Crippen molar-refractivity contribution in [1.82, 2.24) is 10.3 Å². The molecule has 2 aromatic carbocycles. The SMILES string of the molecule is COc1cc(C)c(C(C)NC(=O)Cc2csc(-c3ccccc3Cl)n2)cc1OC. The highest BCUT2D eigenvalue weighted by Gasteiger charge is 2.17. The Labute approximate surface area is 179 Å². The van der Waals surface area contributed by atoms with Gasteiger partial charge >= 0.3 is 0 Å². The average molecular weight is 431 g/mol. The maximum atomic E-state index is 12.6. The summed E-state index contributed by atoms with van der Waals surface area (Å²) in [6.45, 7) is 3.93. The van der Waals surface area contributed by atoms with Crippen molar-refractivity contribution in [1.29, 1.82) is 0 Å². The summed E-state index contributed by atoms with van der Waals surface area (Å²) in [7, 11) is 3.20. The van der Waals surface area contributed by atoms with Gasteiger partial charge in [-0.1, -0.05) is 29.8 Å². The smallest absolute Gasteiger partial charge is 0.226 e. The molecule has 3 rings (SSSR count). The number of aromatic nitrogens is 1. The molecule has 0 aliphatic carbocycles. The van der Waals surface area contributed by atoms with E-state index in [-0.39, 0.29) is 18.4 Å². The molecular formula is C22H23ClN2O3S. The summed E-state index contributed by atoms with van der Waals surface area (Å²) in [5.74, 6) is 1.21. The first-order valence-electron chi connectivity index (χ1n) is 9.14. The molecule has 0 spiro atoms. The Hall–Kier alpha value is -2.57. The van der Waals surface area contributed by atoms with Crippen molar-refractivity contribution in [3.05, 3.63) is 63.6 Å². The normalized spacial score (nSPS) is 11.8. The molecule has 0 radical (unpaired) electrons. The molecule has 1 heterocycles. The molecule has 1 unspecified atom stereocenters.